The van der Waals surface area contributed by atoms with Gasteiger partial charge in [-0.15, -0.1) is 11.3 Å². The molecule has 0 atom stereocenters. The average Bonchev–Trinajstić information content (AvgIpc) is 3.28. The van der Waals surface area contributed by atoms with Gasteiger partial charge in [0.15, 0.2) is 5.16 Å². The van der Waals surface area contributed by atoms with Crippen molar-refractivity contribution < 1.29 is 8.42 Å². The van der Waals surface area contributed by atoms with Crippen molar-refractivity contribution in [1.29, 1.82) is 0 Å². The summed E-state index contributed by atoms with van der Waals surface area (Å²) in [7, 11) is -3.60. The van der Waals surface area contributed by atoms with Gasteiger partial charge in [-0.05, 0) is 26.0 Å². The van der Waals surface area contributed by atoms with Crippen molar-refractivity contribution in [3.8, 4) is 10.6 Å². The van der Waals surface area contributed by atoms with E-state index < -0.39 is 10.0 Å². The van der Waals surface area contributed by atoms with Crippen LogP contribution in [0.1, 0.15) is 16.3 Å². The van der Waals surface area contributed by atoms with Crippen molar-refractivity contribution in [1.82, 2.24) is 24.5 Å². The Morgan fingerprint density at radius 1 is 1.36 bits per heavy atom. The SMILES string of the molecule is Cc1cc(-c2cc(S(=O)(=O)NCc3cn4c(n3)SCC4)c(C)s2)n[nH]1. The molecule has 1 aliphatic heterocycles. The standard InChI is InChI=1S/C15H17N5O2S3/c1-9-5-12(19-18-9)13-6-14(10(2)24-13)25(21,22)16-7-11-8-20-3-4-23-15(20)17-11/h5-6,8,16H,3-4,7H2,1-2H3,(H,18,19). The summed E-state index contributed by atoms with van der Waals surface area (Å²) in [6.45, 7) is 4.84. The predicted octanol–water partition coefficient (Wildman–Crippen LogP) is 2.54. The third-order valence-electron chi connectivity index (χ3n) is 3.92. The van der Waals surface area contributed by atoms with Crippen molar-refractivity contribution in [3.63, 3.8) is 0 Å². The third-order valence-corrected chi connectivity index (χ3v) is 7.62. The highest BCUT2D eigenvalue weighted by atomic mass is 32.2. The number of rotatable bonds is 5. The minimum Gasteiger partial charge on any atom is -0.325 e. The highest BCUT2D eigenvalue weighted by Gasteiger charge is 2.22. The molecule has 3 aromatic heterocycles. The largest absolute Gasteiger partial charge is 0.325 e. The molecule has 25 heavy (non-hydrogen) atoms. The van der Waals surface area contributed by atoms with Gasteiger partial charge in [0.1, 0.15) is 5.69 Å². The topological polar surface area (TPSA) is 92.7 Å². The van der Waals surface area contributed by atoms with Crippen LogP contribution >= 0.6 is 23.1 Å². The smallest absolute Gasteiger partial charge is 0.242 e. The first kappa shape index (κ1) is 16.8. The maximum atomic E-state index is 12.7. The number of aromatic nitrogens is 4. The molecule has 0 bridgehead atoms. The lowest BCUT2D eigenvalue weighted by atomic mass is 10.3. The molecule has 0 radical (unpaired) electrons. The minimum atomic E-state index is -3.60. The number of aromatic amines is 1. The van der Waals surface area contributed by atoms with Gasteiger partial charge in [-0.1, -0.05) is 11.8 Å². The highest BCUT2D eigenvalue weighted by molar-refractivity contribution is 7.99. The van der Waals surface area contributed by atoms with E-state index in [1.165, 1.54) is 11.3 Å². The number of imidazole rings is 1. The number of nitrogens with zero attached hydrogens (tertiary/aromatic N) is 3. The molecule has 0 amide bonds. The average molecular weight is 396 g/mol. The number of aryl methyl sites for hydroxylation is 3. The first-order chi connectivity index (χ1) is 11.9. The van der Waals surface area contributed by atoms with Crippen LogP contribution in [0.3, 0.4) is 0 Å². The maximum absolute atomic E-state index is 12.7. The normalized spacial score (nSPS) is 14.2. The van der Waals surface area contributed by atoms with Gasteiger partial charge in [0, 0.05) is 29.1 Å². The zero-order chi connectivity index (χ0) is 17.6. The molecule has 0 saturated carbocycles. The Kier molecular flexibility index (Phi) is 4.22. The molecule has 132 valence electrons. The molecule has 0 saturated heterocycles. The molecule has 7 nitrogen and oxygen atoms in total. The summed E-state index contributed by atoms with van der Waals surface area (Å²) in [6, 6.07) is 3.58. The van der Waals surface area contributed by atoms with E-state index in [4.69, 9.17) is 0 Å². The zero-order valence-corrected chi connectivity index (χ0v) is 16.2. The highest BCUT2D eigenvalue weighted by Crippen LogP contribution is 2.33. The molecule has 4 rings (SSSR count). The fourth-order valence-corrected chi connectivity index (χ4v) is 6.21. The van der Waals surface area contributed by atoms with Gasteiger partial charge >= 0.3 is 0 Å². The number of fused-ring (bicyclic) bond motifs is 1. The van der Waals surface area contributed by atoms with Gasteiger partial charge in [0.25, 0.3) is 0 Å². The second-order valence-corrected chi connectivity index (χ2v) is 9.90. The van der Waals surface area contributed by atoms with Gasteiger partial charge in [0.2, 0.25) is 10.0 Å². The monoisotopic (exact) mass is 395 g/mol. The Labute approximate surface area is 153 Å². The summed E-state index contributed by atoms with van der Waals surface area (Å²) in [4.78, 5) is 6.33. The van der Waals surface area contributed by atoms with Crippen LogP contribution in [0.25, 0.3) is 10.6 Å². The quantitative estimate of drug-likeness (QED) is 0.692. The number of hydrogen-bond acceptors (Lipinski definition) is 6. The van der Waals surface area contributed by atoms with E-state index in [1.807, 2.05) is 26.1 Å². The van der Waals surface area contributed by atoms with Crippen LogP contribution < -0.4 is 4.72 Å². The van der Waals surface area contributed by atoms with E-state index >= 15 is 0 Å². The van der Waals surface area contributed by atoms with Crippen LogP contribution in [0.2, 0.25) is 0 Å². The Hall–Kier alpha value is -1.62. The number of thioether (sulfide) groups is 1. The van der Waals surface area contributed by atoms with Crippen molar-refractivity contribution >= 4 is 33.1 Å². The number of H-pyrrole nitrogens is 1. The van der Waals surface area contributed by atoms with E-state index in [0.29, 0.717) is 4.90 Å². The summed E-state index contributed by atoms with van der Waals surface area (Å²) in [5, 5.41) is 8.03. The first-order valence-corrected chi connectivity index (χ1v) is 11.0. The Morgan fingerprint density at radius 2 is 2.20 bits per heavy atom. The molecule has 2 N–H and O–H groups in total. The second-order valence-electron chi connectivity index (χ2n) is 5.85. The summed E-state index contributed by atoms with van der Waals surface area (Å²) in [6.07, 6.45) is 1.91. The van der Waals surface area contributed by atoms with E-state index in [1.54, 1.807) is 17.8 Å². The zero-order valence-electron chi connectivity index (χ0n) is 13.7. The number of sulfonamides is 1. The predicted molar refractivity (Wildman–Crippen MR) is 98.4 cm³/mol. The molecular formula is C15H17N5O2S3. The van der Waals surface area contributed by atoms with Gasteiger partial charge in [0.05, 0.1) is 22.0 Å². The van der Waals surface area contributed by atoms with E-state index in [2.05, 4.69) is 24.5 Å². The molecule has 1 aliphatic rings. The van der Waals surface area contributed by atoms with Gasteiger partial charge in [-0.2, -0.15) is 5.10 Å². The summed E-state index contributed by atoms with van der Waals surface area (Å²) < 4.78 is 30.1. The fourth-order valence-electron chi connectivity index (χ4n) is 2.70. The van der Waals surface area contributed by atoms with Crippen LogP contribution in [-0.4, -0.2) is 33.9 Å². The van der Waals surface area contributed by atoms with Gasteiger partial charge < -0.3 is 4.57 Å². The van der Waals surface area contributed by atoms with Crippen molar-refractivity contribution in [2.75, 3.05) is 5.75 Å². The number of thiophene rings is 1. The van der Waals surface area contributed by atoms with Crippen LogP contribution in [0, 0.1) is 13.8 Å². The molecule has 0 spiro atoms. The minimum absolute atomic E-state index is 0.190. The van der Waals surface area contributed by atoms with E-state index in [-0.39, 0.29) is 6.54 Å². The van der Waals surface area contributed by atoms with Crippen LogP contribution in [0.4, 0.5) is 0 Å². The third kappa shape index (κ3) is 3.26. The van der Waals surface area contributed by atoms with Gasteiger partial charge in [-0.25, -0.2) is 18.1 Å². The molecular weight excluding hydrogens is 378 g/mol. The van der Waals surface area contributed by atoms with Crippen molar-refractivity contribution in [3.05, 3.63) is 34.6 Å². The van der Waals surface area contributed by atoms with Crippen molar-refractivity contribution in [2.45, 2.75) is 37.0 Å². The summed E-state index contributed by atoms with van der Waals surface area (Å²) in [5.41, 5.74) is 2.44. The van der Waals surface area contributed by atoms with Crippen LogP contribution in [0.15, 0.2) is 28.4 Å². The van der Waals surface area contributed by atoms with Crippen molar-refractivity contribution in [2.24, 2.45) is 0 Å². The Balaban J connectivity index is 1.54. The molecule has 0 unspecified atom stereocenters. The molecule has 0 aliphatic carbocycles. The fraction of sp³-hybridized carbons (Fsp3) is 0.333. The Bertz CT molecular complexity index is 1010. The lowest BCUT2D eigenvalue weighted by Gasteiger charge is -2.04. The molecule has 10 heteroatoms. The van der Waals surface area contributed by atoms with Crippen LogP contribution in [-0.2, 0) is 23.1 Å². The van der Waals surface area contributed by atoms with E-state index in [0.717, 1.165) is 44.3 Å². The molecule has 4 heterocycles. The summed E-state index contributed by atoms with van der Waals surface area (Å²) >= 11 is 3.11. The first-order valence-electron chi connectivity index (χ1n) is 7.74. The number of nitrogens with one attached hydrogen (secondary N) is 2. The lowest BCUT2D eigenvalue weighted by molar-refractivity contribution is 0.580. The van der Waals surface area contributed by atoms with E-state index in [9.17, 15) is 8.42 Å². The number of hydrogen-bond donors (Lipinski definition) is 2. The lowest BCUT2D eigenvalue weighted by Crippen LogP contribution is -2.23. The molecule has 0 aromatic carbocycles. The molecule has 3 aromatic rings. The van der Waals surface area contributed by atoms with Crippen LogP contribution in [0.5, 0.6) is 0 Å². The maximum Gasteiger partial charge on any atom is 0.242 e. The Morgan fingerprint density at radius 3 is 2.92 bits per heavy atom. The molecule has 0 fully saturated rings. The summed E-state index contributed by atoms with van der Waals surface area (Å²) in [5.74, 6) is 1.03. The second kappa shape index (κ2) is 6.27. The van der Waals surface area contributed by atoms with Gasteiger partial charge in [-0.3, -0.25) is 5.10 Å².